The van der Waals surface area contributed by atoms with Crippen molar-refractivity contribution in [2.45, 2.75) is 39.0 Å². The number of hydrogen-bond acceptors (Lipinski definition) is 2. The summed E-state index contributed by atoms with van der Waals surface area (Å²) < 4.78 is 0. The highest BCUT2D eigenvalue weighted by molar-refractivity contribution is 5.34. The van der Waals surface area contributed by atoms with Crippen LogP contribution < -0.4 is 0 Å². The van der Waals surface area contributed by atoms with Crippen molar-refractivity contribution in [2.24, 2.45) is 4.99 Å². The molecule has 0 aliphatic rings. The molecule has 0 aromatic rings. The molecule has 0 rings (SSSR count). The second-order valence-corrected chi connectivity index (χ2v) is 2.45. The van der Waals surface area contributed by atoms with Gasteiger partial charge in [0.05, 0.1) is 0 Å². The second kappa shape index (κ2) is 9.12. The molecule has 0 aromatic carbocycles. The van der Waals surface area contributed by atoms with Crippen LogP contribution in [-0.4, -0.2) is 6.08 Å². The van der Waals surface area contributed by atoms with Gasteiger partial charge in [-0.1, -0.05) is 32.3 Å². The highest BCUT2D eigenvalue weighted by Gasteiger charge is 1.82. The number of hydrogen-bond donors (Lipinski definition) is 0. The fraction of sp³-hybridized carbons (Fsp3) is 0.667. The van der Waals surface area contributed by atoms with E-state index in [1.165, 1.54) is 38.0 Å². The first-order valence-corrected chi connectivity index (χ1v) is 4.13. The molecule has 0 radical (unpaired) electrons. The van der Waals surface area contributed by atoms with Crippen LogP contribution in [-0.2, 0) is 4.79 Å². The summed E-state index contributed by atoms with van der Waals surface area (Å²) in [6.07, 6.45) is 10.9. The summed E-state index contributed by atoms with van der Waals surface area (Å²) in [6.45, 7) is 2.19. The third-order valence-corrected chi connectivity index (χ3v) is 1.46. The molecule has 0 saturated carbocycles. The Hall–Kier alpha value is -0.880. The fourth-order valence-electron chi connectivity index (χ4n) is 0.847. The van der Waals surface area contributed by atoms with Crippen LogP contribution in [0.25, 0.3) is 0 Å². The van der Waals surface area contributed by atoms with Gasteiger partial charge in [-0.15, -0.1) is 0 Å². The van der Waals surface area contributed by atoms with Gasteiger partial charge < -0.3 is 0 Å². The minimum absolute atomic E-state index is 1.02. The maximum absolute atomic E-state index is 9.60. The van der Waals surface area contributed by atoms with E-state index >= 15 is 0 Å². The summed E-state index contributed by atoms with van der Waals surface area (Å²) in [4.78, 5) is 12.9. The molecule has 0 aliphatic heterocycles. The molecule has 0 bridgehead atoms. The van der Waals surface area contributed by atoms with Crippen LogP contribution in [0.1, 0.15) is 39.0 Å². The van der Waals surface area contributed by atoms with Crippen molar-refractivity contribution in [3.05, 3.63) is 12.3 Å². The molecule has 0 heterocycles. The Morgan fingerprint density at radius 3 is 2.82 bits per heavy atom. The van der Waals surface area contributed by atoms with Crippen molar-refractivity contribution in [1.82, 2.24) is 0 Å². The Bertz CT molecular complexity index is 146. The van der Waals surface area contributed by atoms with Gasteiger partial charge in [-0.2, -0.15) is 4.99 Å². The predicted molar refractivity (Wildman–Crippen MR) is 46.0 cm³/mol. The third-order valence-electron chi connectivity index (χ3n) is 1.46. The van der Waals surface area contributed by atoms with E-state index in [2.05, 4.69) is 11.9 Å². The zero-order valence-electron chi connectivity index (χ0n) is 7.05. The SMILES string of the molecule is CCCCCCC=CN=C=O. The summed E-state index contributed by atoms with van der Waals surface area (Å²) in [7, 11) is 0. The molecule has 0 saturated heterocycles. The van der Waals surface area contributed by atoms with Crippen molar-refractivity contribution in [2.75, 3.05) is 0 Å². The normalized spacial score (nSPS) is 9.91. The van der Waals surface area contributed by atoms with Crippen molar-refractivity contribution >= 4 is 6.08 Å². The Morgan fingerprint density at radius 1 is 1.36 bits per heavy atom. The van der Waals surface area contributed by atoms with E-state index in [0.29, 0.717) is 0 Å². The quantitative estimate of drug-likeness (QED) is 0.328. The van der Waals surface area contributed by atoms with Crippen LogP contribution in [0.3, 0.4) is 0 Å². The van der Waals surface area contributed by atoms with Gasteiger partial charge in [0.25, 0.3) is 0 Å². The van der Waals surface area contributed by atoms with E-state index in [1.807, 2.05) is 6.08 Å². The smallest absolute Gasteiger partial charge is 0.211 e. The minimum Gasteiger partial charge on any atom is -0.211 e. The molecule has 2 nitrogen and oxygen atoms in total. The summed E-state index contributed by atoms with van der Waals surface area (Å²) in [5, 5.41) is 0. The zero-order chi connectivity index (χ0) is 8.36. The van der Waals surface area contributed by atoms with Crippen molar-refractivity contribution < 1.29 is 4.79 Å². The number of rotatable bonds is 6. The molecule has 0 atom stereocenters. The minimum atomic E-state index is 1.02. The predicted octanol–water partition coefficient (Wildman–Crippen LogP) is 2.81. The monoisotopic (exact) mass is 153 g/mol. The number of carbonyl (C=O) groups excluding carboxylic acids is 1. The number of allylic oxidation sites excluding steroid dienone is 1. The maximum Gasteiger partial charge on any atom is 0.239 e. The van der Waals surface area contributed by atoms with Crippen LogP contribution in [0.15, 0.2) is 17.3 Å². The Morgan fingerprint density at radius 2 is 2.18 bits per heavy atom. The molecule has 0 unspecified atom stereocenters. The lowest BCUT2D eigenvalue weighted by Crippen LogP contribution is -1.72. The lowest BCUT2D eigenvalue weighted by Gasteiger charge is -1.92. The van der Waals surface area contributed by atoms with Gasteiger partial charge in [0.1, 0.15) is 0 Å². The number of isocyanates is 1. The lowest BCUT2D eigenvalue weighted by molar-refractivity contribution is 0.565. The largest absolute Gasteiger partial charge is 0.239 e. The first-order chi connectivity index (χ1) is 5.41. The van der Waals surface area contributed by atoms with Gasteiger partial charge in [-0.3, -0.25) is 0 Å². The van der Waals surface area contributed by atoms with Crippen LogP contribution in [0.4, 0.5) is 0 Å². The average molecular weight is 153 g/mol. The summed E-state index contributed by atoms with van der Waals surface area (Å²) in [5.74, 6) is 0. The zero-order valence-corrected chi connectivity index (χ0v) is 7.05. The number of unbranched alkanes of at least 4 members (excludes halogenated alkanes) is 4. The van der Waals surface area contributed by atoms with Crippen molar-refractivity contribution in [1.29, 1.82) is 0 Å². The molecule has 0 aliphatic carbocycles. The van der Waals surface area contributed by atoms with Crippen LogP contribution in [0.5, 0.6) is 0 Å². The molecule has 0 N–H and O–H groups in total. The molecule has 2 heteroatoms. The van der Waals surface area contributed by atoms with E-state index in [9.17, 15) is 4.79 Å². The van der Waals surface area contributed by atoms with Crippen LogP contribution >= 0.6 is 0 Å². The van der Waals surface area contributed by atoms with E-state index in [-0.39, 0.29) is 0 Å². The van der Waals surface area contributed by atoms with E-state index in [1.54, 1.807) is 0 Å². The molecule has 0 spiro atoms. The van der Waals surface area contributed by atoms with Gasteiger partial charge in [0.15, 0.2) is 0 Å². The van der Waals surface area contributed by atoms with Crippen LogP contribution in [0, 0.1) is 0 Å². The van der Waals surface area contributed by atoms with Crippen molar-refractivity contribution in [3.63, 3.8) is 0 Å². The standard InChI is InChI=1S/C9H15NO/c1-2-3-4-5-6-7-8-10-9-11/h7-8H,2-6H2,1H3. The van der Waals surface area contributed by atoms with Crippen molar-refractivity contribution in [3.8, 4) is 0 Å². The molecular formula is C9H15NO. The van der Waals surface area contributed by atoms with Gasteiger partial charge in [0, 0.05) is 6.20 Å². The Kier molecular flexibility index (Phi) is 8.39. The molecule has 0 amide bonds. The molecule has 0 aromatic heterocycles. The second-order valence-electron chi connectivity index (χ2n) is 2.45. The Labute approximate surface area is 68.0 Å². The van der Waals surface area contributed by atoms with Gasteiger partial charge in [-0.25, -0.2) is 4.79 Å². The van der Waals surface area contributed by atoms with Gasteiger partial charge in [0.2, 0.25) is 6.08 Å². The lowest BCUT2D eigenvalue weighted by atomic mass is 10.1. The van der Waals surface area contributed by atoms with E-state index < -0.39 is 0 Å². The fourth-order valence-corrected chi connectivity index (χ4v) is 0.847. The summed E-state index contributed by atoms with van der Waals surface area (Å²) >= 11 is 0. The summed E-state index contributed by atoms with van der Waals surface area (Å²) in [6, 6.07) is 0. The average Bonchev–Trinajstić information content (AvgIpc) is 2.03. The molecule has 0 fully saturated rings. The van der Waals surface area contributed by atoms with Crippen LogP contribution in [0.2, 0.25) is 0 Å². The summed E-state index contributed by atoms with van der Waals surface area (Å²) in [5.41, 5.74) is 0. The number of nitrogens with zero attached hydrogens (tertiary/aromatic N) is 1. The Balaban J connectivity index is 3.07. The molecule has 62 valence electrons. The van der Waals surface area contributed by atoms with E-state index in [4.69, 9.17) is 0 Å². The highest BCUT2D eigenvalue weighted by atomic mass is 16.1. The molecular weight excluding hydrogens is 138 g/mol. The topological polar surface area (TPSA) is 29.4 Å². The molecule has 11 heavy (non-hydrogen) atoms. The third kappa shape index (κ3) is 9.12. The first-order valence-electron chi connectivity index (χ1n) is 4.13. The van der Waals surface area contributed by atoms with Gasteiger partial charge in [-0.05, 0) is 12.8 Å². The maximum atomic E-state index is 9.60. The number of aliphatic imine (C=N–C) groups is 1. The van der Waals surface area contributed by atoms with Gasteiger partial charge >= 0.3 is 0 Å². The first kappa shape index (κ1) is 10.1. The highest BCUT2D eigenvalue weighted by Crippen LogP contribution is 2.02. The van der Waals surface area contributed by atoms with E-state index in [0.717, 1.165) is 6.42 Å².